The Labute approximate surface area is 187 Å². The number of unbranched alkanes of at least 4 members (excludes halogenated alkanes) is 1. The van der Waals surface area contributed by atoms with Gasteiger partial charge in [0.2, 0.25) is 11.8 Å². The van der Waals surface area contributed by atoms with Gasteiger partial charge < -0.3 is 15.4 Å². The monoisotopic (exact) mass is 434 g/mol. The summed E-state index contributed by atoms with van der Waals surface area (Å²) in [6.07, 6.45) is 1.74. The number of halogens is 1. The van der Waals surface area contributed by atoms with Crippen LogP contribution in [-0.4, -0.2) is 25.0 Å². The van der Waals surface area contributed by atoms with Gasteiger partial charge in [0, 0.05) is 18.7 Å². The lowest BCUT2D eigenvalue weighted by Crippen LogP contribution is -2.28. The second-order valence-corrected chi connectivity index (χ2v) is 7.42. The number of hydrogen-bond acceptors (Lipinski definition) is 3. The number of carbonyl (C=O) groups is 2. The molecule has 0 bridgehead atoms. The zero-order valence-corrected chi connectivity index (χ0v) is 17.9. The molecule has 0 heterocycles. The van der Waals surface area contributed by atoms with Gasteiger partial charge in [0.25, 0.3) is 0 Å². The molecular weight excluding hydrogens is 407 g/mol. The van der Waals surface area contributed by atoms with Crippen molar-refractivity contribution < 1.29 is 18.7 Å². The second-order valence-electron chi connectivity index (χ2n) is 7.42. The summed E-state index contributed by atoms with van der Waals surface area (Å²) >= 11 is 0. The summed E-state index contributed by atoms with van der Waals surface area (Å²) in [7, 11) is 0. The largest absolute Gasteiger partial charge is 0.367 e. The molecule has 0 aliphatic rings. The average molecular weight is 435 g/mol. The van der Waals surface area contributed by atoms with Crippen LogP contribution in [-0.2, 0) is 20.9 Å². The molecule has 0 unspecified atom stereocenters. The molecule has 32 heavy (non-hydrogen) atoms. The van der Waals surface area contributed by atoms with Gasteiger partial charge in [-0.05, 0) is 53.8 Å². The lowest BCUT2D eigenvalue weighted by atomic mass is 10.1. The molecule has 166 valence electrons. The number of carbonyl (C=O) groups excluding carboxylic acids is 2. The van der Waals surface area contributed by atoms with Gasteiger partial charge in [0.1, 0.15) is 12.4 Å². The Balaban J connectivity index is 1.28. The van der Waals surface area contributed by atoms with Gasteiger partial charge in [-0.1, -0.05) is 54.6 Å². The first kappa shape index (κ1) is 23.2. The van der Waals surface area contributed by atoms with Gasteiger partial charge in [-0.25, -0.2) is 4.39 Å². The van der Waals surface area contributed by atoms with Gasteiger partial charge in [-0.2, -0.15) is 0 Å². The highest BCUT2D eigenvalue weighted by Crippen LogP contribution is 2.22. The van der Waals surface area contributed by atoms with E-state index in [-0.39, 0.29) is 30.8 Å². The van der Waals surface area contributed by atoms with E-state index in [0.717, 1.165) is 22.4 Å². The molecule has 0 atom stereocenters. The molecule has 6 heteroatoms. The lowest BCUT2D eigenvalue weighted by Gasteiger charge is -2.09. The van der Waals surface area contributed by atoms with Crippen molar-refractivity contribution in [3.63, 3.8) is 0 Å². The van der Waals surface area contributed by atoms with Gasteiger partial charge in [0.05, 0.1) is 6.61 Å². The molecule has 0 radical (unpaired) electrons. The quantitative estimate of drug-likeness (QED) is 0.420. The number of ether oxygens (including phenoxy) is 1. The van der Waals surface area contributed by atoms with Crippen LogP contribution >= 0.6 is 0 Å². The SMILES string of the molecule is O=C(COCc1ccc(F)cc1)NCCCCC(=O)Nc1cccc(-c2ccccc2)c1. The van der Waals surface area contributed by atoms with E-state index in [0.29, 0.717) is 25.8 Å². The average Bonchev–Trinajstić information content (AvgIpc) is 2.81. The van der Waals surface area contributed by atoms with Crippen LogP contribution < -0.4 is 10.6 Å². The van der Waals surface area contributed by atoms with Crippen molar-refractivity contribution in [1.82, 2.24) is 5.32 Å². The number of benzene rings is 3. The van der Waals surface area contributed by atoms with Crippen LogP contribution in [0.1, 0.15) is 24.8 Å². The number of rotatable bonds is 11. The smallest absolute Gasteiger partial charge is 0.246 e. The van der Waals surface area contributed by atoms with Crippen LogP contribution in [0.25, 0.3) is 11.1 Å². The molecule has 0 spiro atoms. The Bertz CT molecular complexity index is 1010. The first-order valence-electron chi connectivity index (χ1n) is 10.6. The van der Waals surface area contributed by atoms with Gasteiger partial charge >= 0.3 is 0 Å². The second kappa shape index (κ2) is 12.4. The minimum absolute atomic E-state index is 0.0517. The summed E-state index contributed by atoms with van der Waals surface area (Å²) in [6.45, 7) is 0.671. The molecule has 0 aliphatic carbocycles. The number of amides is 2. The van der Waals surface area contributed by atoms with Crippen molar-refractivity contribution in [2.75, 3.05) is 18.5 Å². The molecule has 0 saturated carbocycles. The maximum absolute atomic E-state index is 12.8. The minimum atomic E-state index is -0.305. The summed E-state index contributed by atoms with van der Waals surface area (Å²) in [5.41, 5.74) is 3.72. The van der Waals surface area contributed by atoms with E-state index < -0.39 is 0 Å². The highest BCUT2D eigenvalue weighted by Gasteiger charge is 2.05. The third kappa shape index (κ3) is 7.96. The Morgan fingerprint density at radius 3 is 2.34 bits per heavy atom. The zero-order chi connectivity index (χ0) is 22.6. The van der Waals surface area contributed by atoms with Crippen molar-refractivity contribution in [3.05, 3.63) is 90.2 Å². The lowest BCUT2D eigenvalue weighted by molar-refractivity contribution is -0.126. The summed E-state index contributed by atoms with van der Waals surface area (Å²) in [5.74, 6) is -0.570. The Morgan fingerprint density at radius 2 is 1.56 bits per heavy atom. The van der Waals surface area contributed by atoms with Gasteiger partial charge in [-0.15, -0.1) is 0 Å². The Morgan fingerprint density at radius 1 is 0.812 bits per heavy atom. The van der Waals surface area contributed by atoms with Crippen LogP contribution in [0.3, 0.4) is 0 Å². The number of anilines is 1. The van der Waals surface area contributed by atoms with Gasteiger partial charge in [0.15, 0.2) is 0 Å². The predicted molar refractivity (Wildman–Crippen MR) is 123 cm³/mol. The molecule has 0 fully saturated rings. The van der Waals surface area contributed by atoms with Crippen LogP contribution in [0.2, 0.25) is 0 Å². The molecule has 0 aliphatic heterocycles. The molecule has 3 aromatic rings. The maximum Gasteiger partial charge on any atom is 0.246 e. The van der Waals surface area contributed by atoms with Gasteiger partial charge in [-0.3, -0.25) is 9.59 Å². The van der Waals surface area contributed by atoms with Crippen LogP contribution in [0, 0.1) is 5.82 Å². The number of nitrogens with one attached hydrogen (secondary N) is 2. The number of hydrogen-bond donors (Lipinski definition) is 2. The summed E-state index contributed by atoms with van der Waals surface area (Å²) in [5, 5.41) is 5.70. The van der Waals surface area contributed by atoms with E-state index in [1.54, 1.807) is 12.1 Å². The summed E-state index contributed by atoms with van der Waals surface area (Å²) in [6, 6.07) is 23.7. The molecule has 3 aromatic carbocycles. The van der Waals surface area contributed by atoms with Crippen LogP contribution in [0.15, 0.2) is 78.9 Å². The fourth-order valence-corrected chi connectivity index (χ4v) is 3.16. The molecular formula is C26H27FN2O3. The molecule has 3 rings (SSSR count). The highest BCUT2D eigenvalue weighted by molar-refractivity contribution is 5.91. The maximum atomic E-state index is 12.8. The normalized spacial score (nSPS) is 10.5. The molecule has 0 aromatic heterocycles. The van der Waals surface area contributed by atoms with Crippen LogP contribution in [0.5, 0.6) is 0 Å². The van der Waals surface area contributed by atoms with E-state index in [1.165, 1.54) is 12.1 Å². The summed E-state index contributed by atoms with van der Waals surface area (Å²) < 4.78 is 18.2. The Kier molecular flexibility index (Phi) is 8.95. The van der Waals surface area contributed by atoms with E-state index in [2.05, 4.69) is 10.6 Å². The molecule has 0 saturated heterocycles. The van der Waals surface area contributed by atoms with E-state index in [9.17, 15) is 14.0 Å². The molecule has 2 N–H and O–H groups in total. The minimum Gasteiger partial charge on any atom is -0.367 e. The first-order chi connectivity index (χ1) is 15.6. The highest BCUT2D eigenvalue weighted by atomic mass is 19.1. The predicted octanol–water partition coefficient (Wildman–Crippen LogP) is 4.93. The molecule has 5 nitrogen and oxygen atoms in total. The van der Waals surface area contributed by atoms with Crippen molar-refractivity contribution in [1.29, 1.82) is 0 Å². The standard InChI is InChI=1S/C26H27FN2O3/c27-23-14-12-20(13-15-23)18-32-19-26(31)28-16-5-4-11-25(30)29-24-10-6-9-22(17-24)21-7-2-1-3-8-21/h1-3,6-10,12-15,17H,4-5,11,16,18-19H2,(H,28,31)(H,29,30). The van der Waals surface area contributed by atoms with Crippen LogP contribution in [0.4, 0.5) is 10.1 Å². The summed E-state index contributed by atoms with van der Waals surface area (Å²) in [4.78, 5) is 24.0. The third-order valence-electron chi connectivity index (χ3n) is 4.82. The third-order valence-corrected chi connectivity index (χ3v) is 4.82. The fourth-order valence-electron chi connectivity index (χ4n) is 3.16. The zero-order valence-electron chi connectivity index (χ0n) is 17.9. The van der Waals surface area contributed by atoms with Crippen molar-refractivity contribution in [3.8, 4) is 11.1 Å². The van der Waals surface area contributed by atoms with Crippen molar-refractivity contribution in [2.24, 2.45) is 0 Å². The van der Waals surface area contributed by atoms with E-state index >= 15 is 0 Å². The topological polar surface area (TPSA) is 67.4 Å². The van der Waals surface area contributed by atoms with Crippen molar-refractivity contribution in [2.45, 2.75) is 25.9 Å². The first-order valence-corrected chi connectivity index (χ1v) is 10.6. The van der Waals surface area contributed by atoms with Crippen molar-refractivity contribution >= 4 is 17.5 Å². The van der Waals surface area contributed by atoms with E-state index in [4.69, 9.17) is 4.74 Å². The molecule has 2 amide bonds. The Hall–Kier alpha value is -3.51. The van der Waals surface area contributed by atoms with E-state index in [1.807, 2.05) is 54.6 Å². The fraction of sp³-hybridized carbons (Fsp3) is 0.231.